The molecule has 3 N–H and O–H groups in total. The van der Waals surface area contributed by atoms with E-state index in [1.165, 1.54) is 0 Å². The summed E-state index contributed by atoms with van der Waals surface area (Å²) in [6, 6.07) is 14.3. The lowest BCUT2D eigenvalue weighted by Crippen LogP contribution is -2.18. The second-order valence-corrected chi connectivity index (χ2v) is 5.29. The maximum absolute atomic E-state index is 11.3. The summed E-state index contributed by atoms with van der Waals surface area (Å²) < 4.78 is 1.70. The van der Waals surface area contributed by atoms with Gasteiger partial charge in [-0.05, 0) is 23.3 Å². The largest absolute Gasteiger partial charge is 0.392 e. The fourth-order valence-electron chi connectivity index (χ4n) is 2.30. The molecule has 0 fully saturated rings. The Bertz CT molecular complexity index is 826. The summed E-state index contributed by atoms with van der Waals surface area (Å²) in [5.74, 6) is -0.545. The quantitative estimate of drug-likeness (QED) is 0.489. The first-order valence-electron chi connectivity index (χ1n) is 7.33. The Morgan fingerprint density at radius 3 is 2.33 bits per heavy atom. The lowest BCUT2D eigenvalue weighted by molar-refractivity contribution is 0.0706. The van der Waals surface area contributed by atoms with E-state index in [0.717, 1.165) is 22.4 Å². The standard InChI is InChI=1S/C17H16N4O3/c22-11-13-3-5-14(6-4-13)16-10-21(20-18-16)9-12-1-7-15(8-2-12)17(23)19-24/h1-8,10,22,24H,9,11H2,(H,19,23). The number of hydrogen-bond donors (Lipinski definition) is 3. The summed E-state index contributed by atoms with van der Waals surface area (Å²) >= 11 is 0. The number of hydrogen-bond acceptors (Lipinski definition) is 5. The topological polar surface area (TPSA) is 100 Å². The first-order valence-corrected chi connectivity index (χ1v) is 7.33. The average Bonchev–Trinajstić information content (AvgIpc) is 3.10. The SMILES string of the molecule is O=C(NO)c1ccc(Cn2cc(-c3ccc(CO)cc3)nn2)cc1. The van der Waals surface area contributed by atoms with Crippen LogP contribution in [0.25, 0.3) is 11.3 Å². The van der Waals surface area contributed by atoms with Crippen LogP contribution in [0.2, 0.25) is 0 Å². The average molecular weight is 324 g/mol. The highest BCUT2D eigenvalue weighted by Crippen LogP contribution is 2.17. The van der Waals surface area contributed by atoms with Crippen LogP contribution in [0.1, 0.15) is 21.5 Å². The van der Waals surface area contributed by atoms with Crippen LogP contribution in [0.5, 0.6) is 0 Å². The lowest BCUT2D eigenvalue weighted by atomic mass is 10.1. The third kappa shape index (κ3) is 3.48. The van der Waals surface area contributed by atoms with Crippen molar-refractivity contribution >= 4 is 5.91 Å². The molecule has 7 heteroatoms. The molecule has 0 saturated heterocycles. The summed E-state index contributed by atoms with van der Waals surface area (Å²) in [6.45, 7) is 0.528. The molecule has 0 atom stereocenters. The first kappa shape index (κ1) is 15.9. The maximum atomic E-state index is 11.3. The van der Waals surface area contributed by atoms with E-state index in [4.69, 9.17) is 10.3 Å². The van der Waals surface area contributed by atoms with Crippen molar-refractivity contribution in [1.29, 1.82) is 0 Å². The molecule has 3 aromatic rings. The fourth-order valence-corrected chi connectivity index (χ4v) is 2.30. The molecule has 24 heavy (non-hydrogen) atoms. The molecule has 1 aromatic heterocycles. The highest BCUT2D eigenvalue weighted by molar-refractivity contribution is 5.93. The molecule has 0 unspecified atom stereocenters. The number of aromatic nitrogens is 3. The number of amides is 1. The second-order valence-electron chi connectivity index (χ2n) is 5.29. The van der Waals surface area contributed by atoms with E-state index in [9.17, 15) is 4.79 Å². The molecular formula is C17H16N4O3. The van der Waals surface area contributed by atoms with Crippen molar-refractivity contribution in [2.24, 2.45) is 0 Å². The minimum atomic E-state index is -0.545. The Kier molecular flexibility index (Phi) is 4.64. The van der Waals surface area contributed by atoms with Gasteiger partial charge in [0.25, 0.3) is 5.91 Å². The molecule has 1 amide bonds. The van der Waals surface area contributed by atoms with E-state index in [1.807, 2.05) is 30.5 Å². The Balaban J connectivity index is 1.72. The van der Waals surface area contributed by atoms with Crippen LogP contribution < -0.4 is 5.48 Å². The van der Waals surface area contributed by atoms with E-state index in [0.29, 0.717) is 12.1 Å². The third-order valence-corrected chi connectivity index (χ3v) is 3.63. The van der Waals surface area contributed by atoms with E-state index in [-0.39, 0.29) is 6.61 Å². The van der Waals surface area contributed by atoms with E-state index < -0.39 is 5.91 Å². The second kappa shape index (κ2) is 7.03. The number of nitrogens with zero attached hydrogens (tertiary/aromatic N) is 3. The highest BCUT2D eigenvalue weighted by atomic mass is 16.5. The van der Waals surface area contributed by atoms with Gasteiger partial charge in [-0.1, -0.05) is 41.6 Å². The zero-order valence-electron chi connectivity index (χ0n) is 12.8. The van der Waals surface area contributed by atoms with Gasteiger partial charge < -0.3 is 5.11 Å². The number of aliphatic hydroxyl groups is 1. The normalized spacial score (nSPS) is 10.6. The van der Waals surface area contributed by atoms with Gasteiger partial charge in [-0.3, -0.25) is 10.0 Å². The summed E-state index contributed by atoms with van der Waals surface area (Å²) in [5, 5.41) is 25.9. The molecule has 7 nitrogen and oxygen atoms in total. The molecule has 0 aliphatic rings. The van der Waals surface area contributed by atoms with Crippen LogP contribution in [0.3, 0.4) is 0 Å². The number of carbonyl (C=O) groups is 1. The van der Waals surface area contributed by atoms with Gasteiger partial charge in [0.05, 0.1) is 19.3 Å². The van der Waals surface area contributed by atoms with Crippen molar-refractivity contribution in [3.63, 3.8) is 0 Å². The summed E-state index contributed by atoms with van der Waals surface area (Å²) in [5.41, 5.74) is 5.45. The van der Waals surface area contributed by atoms with Crippen molar-refractivity contribution in [2.75, 3.05) is 0 Å². The fraction of sp³-hybridized carbons (Fsp3) is 0.118. The molecule has 0 aliphatic heterocycles. The Hall–Kier alpha value is -3.03. The Morgan fingerprint density at radius 2 is 1.71 bits per heavy atom. The number of benzene rings is 2. The van der Waals surface area contributed by atoms with Gasteiger partial charge in [-0.25, -0.2) is 10.2 Å². The van der Waals surface area contributed by atoms with E-state index in [1.54, 1.807) is 34.4 Å². The van der Waals surface area contributed by atoms with Gasteiger partial charge in [0, 0.05) is 11.1 Å². The minimum absolute atomic E-state index is 0.0112. The smallest absolute Gasteiger partial charge is 0.274 e. The van der Waals surface area contributed by atoms with Crippen molar-refractivity contribution in [3.8, 4) is 11.3 Å². The molecule has 0 aliphatic carbocycles. The van der Waals surface area contributed by atoms with Gasteiger partial charge in [-0.2, -0.15) is 0 Å². The van der Waals surface area contributed by atoms with Crippen molar-refractivity contribution in [2.45, 2.75) is 13.2 Å². The number of rotatable bonds is 5. The maximum Gasteiger partial charge on any atom is 0.274 e. The predicted molar refractivity (Wildman–Crippen MR) is 86.2 cm³/mol. The van der Waals surface area contributed by atoms with Crippen LogP contribution in [0.15, 0.2) is 54.7 Å². The zero-order chi connectivity index (χ0) is 16.9. The van der Waals surface area contributed by atoms with Crippen LogP contribution in [0.4, 0.5) is 0 Å². The molecule has 0 spiro atoms. The molecular weight excluding hydrogens is 308 g/mol. The third-order valence-electron chi connectivity index (χ3n) is 3.63. The van der Waals surface area contributed by atoms with Crippen LogP contribution >= 0.6 is 0 Å². The lowest BCUT2D eigenvalue weighted by Gasteiger charge is -2.03. The summed E-state index contributed by atoms with van der Waals surface area (Å²) in [7, 11) is 0. The van der Waals surface area contributed by atoms with Crippen LogP contribution in [-0.2, 0) is 13.2 Å². The zero-order valence-corrected chi connectivity index (χ0v) is 12.8. The number of aliphatic hydroxyl groups excluding tert-OH is 1. The van der Waals surface area contributed by atoms with Crippen molar-refractivity contribution in [1.82, 2.24) is 20.5 Å². The van der Waals surface area contributed by atoms with E-state index >= 15 is 0 Å². The molecule has 1 heterocycles. The first-order chi connectivity index (χ1) is 11.7. The molecule has 3 rings (SSSR count). The monoisotopic (exact) mass is 324 g/mol. The van der Waals surface area contributed by atoms with Crippen molar-refractivity contribution < 1.29 is 15.1 Å². The van der Waals surface area contributed by atoms with Gasteiger partial charge in [-0.15, -0.1) is 5.10 Å². The highest BCUT2D eigenvalue weighted by Gasteiger charge is 2.06. The van der Waals surface area contributed by atoms with Gasteiger partial charge in [0.2, 0.25) is 0 Å². The number of nitrogens with one attached hydrogen (secondary N) is 1. The number of hydroxylamine groups is 1. The van der Waals surface area contributed by atoms with Crippen LogP contribution in [0, 0.1) is 0 Å². The predicted octanol–water partition coefficient (Wildman–Crippen LogP) is 1.60. The molecule has 0 saturated carbocycles. The summed E-state index contributed by atoms with van der Waals surface area (Å²) in [4.78, 5) is 11.3. The van der Waals surface area contributed by atoms with Crippen LogP contribution in [-0.4, -0.2) is 31.2 Å². The van der Waals surface area contributed by atoms with Gasteiger partial charge in [0.15, 0.2) is 0 Å². The Morgan fingerprint density at radius 1 is 1.04 bits per heavy atom. The minimum Gasteiger partial charge on any atom is -0.392 e. The van der Waals surface area contributed by atoms with E-state index in [2.05, 4.69) is 10.3 Å². The molecule has 122 valence electrons. The summed E-state index contributed by atoms with van der Waals surface area (Å²) in [6.07, 6.45) is 1.84. The molecule has 0 bridgehead atoms. The molecule has 2 aromatic carbocycles. The molecule has 0 radical (unpaired) electrons. The van der Waals surface area contributed by atoms with Crippen molar-refractivity contribution in [3.05, 3.63) is 71.4 Å². The number of carbonyl (C=O) groups excluding carboxylic acids is 1. The Labute approximate surface area is 138 Å². The van der Waals surface area contributed by atoms with Gasteiger partial charge in [0.1, 0.15) is 5.69 Å². The van der Waals surface area contributed by atoms with Gasteiger partial charge >= 0.3 is 0 Å².